The first-order valence-corrected chi connectivity index (χ1v) is 15.6. The van der Waals surface area contributed by atoms with Crippen molar-refractivity contribution in [3.05, 3.63) is 35.7 Å². The lowest BCUT2D eigenvalue weighted by atomic mass is 9.81. The molecule has 222 valence electrons. The molecule has 7 N–H and O–H groups in total. The van der Waals surface area contributed by atoms with Crippen LogP contribution in [-0.4, -0.2) is 50.7 Å². The molecule has 2 aliphatic carbocycles. The maximum Gasteiger partial charge on any atom is 0.309 e. The highest BCUT2D eigenvalue weighted by Gasteiger charge is 2.38. The molecule has 7 heteroatoms. The molecule has 1 saturated carbocycles. The van der Waals surface area contributed by atoms with Crippen molar-refractivity contribution in [1.82, 2.24) is 5.32 Å². The Balaban J connectivity index is 1.34. The van der Waals surface area contributed by atoms with Gasteiger partial charge >= 0.3 is 5.97 Å². The summed E-state index contributed by atoms with van der Waals surface area (Å²) in [6.07, 6.45) is 20.9. The summed E-state index contributed by atoms with van der Waals surface area (Å²) in [5, 5.41) is 45.3. The maximum atomic E-state index is 11.9. The molecule has 3 rings (SSSR count). The van der Waals surface area contributed by atoms with E-state index in [1.807, 2.05) is 6.08 Å². The van der Waals surface area contributed by atoms with Gasteiger partial charge in [0.15, 0.2) is 0 Å². The molecule has 0 saturated heterocycles. The van der Waals surface area contributed by atoms with Crippen LogP contribution in [0.2, 0.25) is 0 Å². The van der Waals surface area contributed by atoms with Gasteiger partial charge in [-0.15, -0.1) is 0 Å². The minimum absolute atomic E-state index is 0.198. The van der Waals surface area contributed by atoms with E-state index in [0.717, 1.165) is 57.9 Å². The lowest BCUT2D eigenvalue weighted by molar-refractivity contribution is -0.146. The van der Waals surface area contributed by atoms with Gasteiger partial charge in [-0.2, -0.15) is 0 Å². The van der Waals surface area contributed by atoms with Crippen molar-refractivity contribution in [3.63, 3.8) is 0 Å². The minimum atomic E-state index is -0.958. The van der Waals surface area contributed by atoms with Gasteiger partial charge < -0.3 is 31.5 Å². The third-order valence-corrected chi connectivity index (χ3v) is 9.31. The van der Waals surface area contributed by atoms with E-state index in [1.54, 1.807) is 0 Å². The Morgan fingerprint density at radius 3 is 2.67 bits per heavy atom. The molecule has 7 unspecified atom stereocenters. The van der Waals surface area contributed by atoms with Crippen LogP contribution in [0.15, 0.2) is 35.7 Å². The normalized spacial score (nSPS) is 30.4. The summed E-state index contributed by atoms with van der Waals surface area (Å²) in [5.41, 5.74) is 6.24. The first-order chi connectivity index (χ1) is 18.7. The van der Waals surface area contributed by atoms with Crippen LogP contribution >= 0.6 is 0 Å². The molecule has 0 bridgehead atoms. The molecule has 0 spiro atoms. The van der Waals surface area contributed by atoms with Gasteiger partial charge in [0.2, 0.25) is 0 Å². The van der Waals surface area contributed by atoms with E-state index in [9.17, 15) is 25.2 Å². The van der Waals surface area contributed by atoms with E-state index < -0.39 is 23.6 Å². The quantitative estimate of drug-likeness (QED) is 0.109. The Morgan fingerprint density at radius 2 is 1.95 bits per heavy atom. The van der Waals surface area contributed by atoms with E-state index in [0.29, 0.717) is 49.8 Å². The summed E-state index contributed by atoms with van der Waals surface area (Å²) >= 11 is 0. The Morgan fingerprint density at radius 1 is 1.15 bits per heavy atom. The van der Waals surface area contributed by atoms with Crippen molar-refractivity contribution in [1.29, 1.82) is 0 Å². The predicted molar refractivity (Wildman–Crippen MR) is 156 cm³/mol. The number of aliphatic carboxylic acids is 1. The summed E-state index contributed by atoms with van der Waals surface area (Å²) in [5.74, 6) is -0.0110. The number of rotatable bonds is 17. The first kappa shape index (κ1) is 31.7. The van der Waals surface area contributed by atoms with Gasteiger partial charge in [0, 0.05) is 12.5 Å². The van der Waals surface area contributed by atoms with Crippen LogP contribution in [0.5, 0.6) is 0 Å². The van der Waals surface area contributed by atoms with Gasteiger partial charge in [0.25, 0.3) is 0 Å². The van der Waals surface area contributed by atoms with Crippen molar-refractivity contribution >= 4 is 5.97 Å². The number of aliphatic hydroxyl groups excluding tert-OH is 2. The zero-order chi connectivity index (χ0) is 28.3. The molecule has 39 heavy (non-hydrogen) atoms. The van der Waals surface area contributed by atoms with Crippen LogP contribution in [0, 0.1) is 23.7 Å². The van der Waals surface area contributed by atoms with Crippen LogP contribution in [0.4, 0.5) is 0 Å². The van der Waals surface area contributed by atoms with Gasteiger partial charge in [0.1, 0.15) is 0 Å². The van der Waals surface area contributed by atoms with E-state index in [1.165, 1.54) is 24.8 Å². The number of allylic oxidation sites excluding steroid dienone is 3. The molecular formula is C32H54N2O5. The molecule has 1 fully saturated rings. The number of nitrogens with one attached hydrogen (secondary N) is 1. The summed E-state index contributed by atoms with van der Waals surface area (Å²) in [6, 6.07) is 0. The fraction of sp³-hybridized carbons (Fsp3) is 0.781. The predicted octanol–water partition coefficient (Wildman–Crippen LogP) is 5.16. The second kappa shape index (κ2) is 15.8. The molecule has 0 radical (unpaired) electrons. The van der Waals surface area contributed by atoms with Crippen LogP contribution in [0.25, 0.3) is 0 Å². The second-order valence-electron chi connectivity index (χ2n) is 12.6. The molecular weight excluding hydrogens is 492 g/mol. The van der Waals surface area contributed by atoms with Gasteiger partial charge in [0.05, 0.1) is 29.5 Å². The standard InChI is InChI=1S/C32H54N2O5/c1-2-3-5-8-23-11-12-26(29(36)20-23)9-6-4-7-10-27(31(37)38)28(35)14-17-32(39)16-13-25(22-32)19-24-15-18-34-30(33)21-24/h11-12,15,21,23,25-29,34-36,39H,2-10,13-14,16-20,22,33H2,1H3,(H,37,38). The summed E-state index contributed by atoms with van der Waals surface area (Å²) < 4.78 is 0. The SMILES string of the molecule is CCCCCC1C=CC(CCCCCC(C(=O)O)C(O)CCC2(O)CCC(CC3=CCNC(N)=C3)C2)C(O)C1. The molecule has 0 aromatic carbocycles. The molecule has 7 nitrogen and oxygen atoms in total. The third-order valence-electron chi connectivity index (χ3n) is 9.31. The smallest absolute Gasteiger partial charge is 0.309 e. The van der Waals surface area contributed by atoms with Crippen molar-refractivity contribution < 1.29 is 25.2 Å². The van der Waals surface area contributed by atoms with Gasteiger partial charge in [-0.05, 0) is 87.7 Å². The monoisotopic (exact) mass is 546 g/mol. The molecule has 7 atom stereocenters. The number of carbonyl (C=O) groups is 1. The largest absolute Gasteiger partial charge is 0.481 e. The maximum absolute atomic E-state index is 11.9. The van der Waals surface area contributed by atoms with E-state index >= 15 is 0 Å². The molecule has 0 amide bonds. The number of hydrogen-bond donors (Lipinski definition) is 6. The second-order valence-corrected chi connectivity index (χ2v) is 12.6. The highest BCUT2D eigenvalue weighted by molar-refractivity contribution is 5.70. The number of aliphatic hydroxyl groups is 3. The van der Waals surface area contributed by atoms with Crippen LogP contribution in [-0.2, 0) is 4.79 Å². The highest BCUT2D eigenvalue weighted by Crippen LogP contribution is 2.41. The minimum Gasteiger partial charge on any atom is -0.481 e. The Bertz CT molecular complexity index is 855. The fourth-order valence-electron chi connectivity index (χ4n) is 6.87. The summed E-state index contributed by atoms with van der Waals surface area (Å²) in [6.45, 7) is 2.94. The van der Waals surface area contributed by atoms with E-state index in [-0.39, 0.29) is 12.0 Å². The van der Waals surface area contributed by atoms with E-state index in [2.05, 4.69) is 30.5 Å². The average molecular weight is 547 g/mol. The fourth-order valence-corrected chi connectivity index (χ4v) is 6.87. The first-order valence-electron chi connectivity index (χ1n) is 15.6. The van der Waals surface area contributed by atoms with Crippen molar-refractivity contribution in [3.8, 4) is 0 Å². The molecule has 0 aromatic heterocycles. The van der Waals surface area contributed by atoms with Crippen molar-refractivity contribution in [2.24, 2.45) is 29.4 Å². The van der Waals surface area contributed by atoms with Crippen molar-refractivity contribution in [2.75, 3.05) is 6.54 Å². The molecule has 1 aliphatic heterocycles. The van der Waals surface area contributed by atoms with Crippen LogP contribution in [0.3, 0.4) is 0 Å². The van der Waals surface area contributed by atoms with Crippen LogP contribution in [0.1, 0.15) is 110 Å². The Hall–Kier alpha value is -1.83. The molecule has 1 heterocycles. The zero-order valence-electron chi connectivity index (χ0n) is 24.1. The number of carboxylic acids is 1. The Kier molecular flexibility index (Phi) is 12.9. The topological polar surface area (TPSA) is 136 Å². The average Bonchev–Trinajstić information content (AvgIpc) is 3.26. The van der Waals surface area contributed by atoms with Gasteiger partial charge in [-0.25, -0.2) is 0 Å². The Labute approximate surface area is 235 Å². The van der Waals surface area contributed by atoms with E-state index in [4.69, 9.17) is 5.73 Å². The van der Waals surface area contributed by atoms with Crippen LogP contribution < -0.4 is 11.1 Å². The summed E-state index contributed by atoms with van der Waals surface area (Å²) in [4.78, 5) is 11.9. The number of unbranched alkanes of at least 4 members (excludes halogenated alkanes) is 4. The van der Waals surface area contributed by atoms with Gasteiger partial charge in [-0.1, -0.05) is 63.7 Å². The van der Waals surface area contributed by atoms with Gasteiger partial charge in [-0.3, -0.25) is 4.79 Å². The zero-order valence-corrected chi connectivity index (χ0v) is 24.1. The lowest BCUT2D eigenvalue weighted by Crippen LogP contribution is -2.32. The summed E-state index contributed by atoms with van der Waals surface area (Å²) in [7, 11) is 0. The number of dihydropyridines is 1. The third kappa shape index (κ3) is 10.6. The molecule has 3 aliphatic rings. The highest BCUT2D eigenvalue weighted by atomic mass is 16.4. The number of hydrogen-bond acceptors (Lipinski definition) is 6. The number of carboxylic acid groups (broad SMARTS) is 1. The van der Waals surface area contributed by atoms with Crippen molar-refractivity contribution in [2.45, 2.75) is 127 Å². The molecule has 0 aromatic rings. The number of nitrogens with two attached hydrogens (primary N) is 1. The lowest BCUT2D eigenvalue weighted by Gasteiger charge is -2.28.